The maximum atomic E-state index is 11.8. The highest BCUT2D eigenvalue weighted by atomic mass is 16.6. The third-order valence-corrected chi connectivity index (χ3v) is 2.90. The molecule has 134 valence electrons. The number of carbonyl (C=O) groups excluding carboxylic acids is 4. The Bertz CT molecular complexity index is 663. The lowest BCUT2D eigenvalue weighted by molar-refractivity contribution is -0.140. The van der Waals surface area contributed by atoms with Crippen molar-refractivity contribution in [3.8, 4) is 11.5 Å². The van der Waals surface area contributed by atoms with Gasteiger partial charge >= 0.3 is 17.9 Å². The lowest BCUT2D eigenvalue weighted by Crippen LogP contribution is -2.12. The van der Waals surface area contributed by atoms with Gasteiger partial charge in [0.2, 0.25) is 0 Å². The number of ether oxygens (including phenoxy) is 4. The van der Waals surface area contributed by atoms with Crippen molar-refractivity contribution in [2.24, 2.45) is 0 Å². The number of hydrogen-bond acceptors (Lipinski definition) is 8. The molecular weight excluding hydrogens is 332 g/mol. The summed E-state index contributed by atoms with van der Waals surface area (Å²) < 4.78 is 19.3. The summed E-state index contributed by atoms with van der Waals surface area (Å²) >= 11 is 0. The molecule has 0 amide bonds. The average molecular weight is 350 g/mol. The molecule has 1 rings (SSSR count). The Hall–Kier alpha value is -3.16. The summed E-state index contributed by atoms with van der Waals surface area (Å²) in [6.45, 7) is -0.0358. The molecule has 1 aromatic rings. The summed E-state index contributed by atoms with van der Waals surface area (Å²) in [5.41, 5.74) is 0.187. The summed E-state index contributed by atoms with van der Waals surface area (Å²) in [7, 11) is 2.57. The van der Waals surface area contributed by atoms with Gasteiger partial charge in [0.05, 0.1) is 26.4 Å². The molecule has 0 bridgehead atoms. The summed E-state index contributed by atoms with van der Waals surface area (Å²) in [6, 6.07) is 4.65. The minimum atomic E-state index is -0.730. The molecule has 0 spiro atoms. The second-order valence-corrected chi connectivity index (χ2v) is 4.60. The molecule has 0 aliphatic rings. The number of carbonyl (C=O) groups is 4. The molecular formula is C17H18O8. The third-order valence-electron chi connectivity index (χ3n) is 2.90. The molecule has 0 aromatic heterocycles. The molecule has 1 aromatic carbocycles. The zero-order chi connectivity index (χ0) is 18.7. The second kappa shape index (κ2) is 10.6. The topological polar surface area (TPSA) is 105 Å². The van der Waals surface area contributed by atoms with E-state index < -0.39 is 17.9 Å². The van der Waals surface area contributed by atoms with Gasteiger partial charge in [0, 0.05) is 18.6 Å². The standard InChI is InChI=1S/C17H18O8/c1-22-13-6-3-5-12(11-18)17(13)25-16(21)7-4-10-24-15(20)9-8-14(19)23-2/h3,5-6,8-9,11H,4,7,10H2,1-2H3/b9-8+. The Labute approximate surface area is 144 Å². The number of esters is 3. The van der Waals surface area contributed by atoms with Crippen molar-refractivity contribution < 1.29 is 38.1 Å². The van der Waals surface area contributed by atoms with Crippen LogP contribution in [0.2, 0.25) is 0 Å². The number of methoxy groups -OCH3 is 2. The summed E-state index contributed by atoms with van der Waals surface area (Å²) in [5, 5.41) is 0. The van der Waals surface area contributed by atoms with E-state index in [4.69, 9.17) is 14.2 Å². The molecule has 0 aliphatic carbocycles. The van der Waals surface area contributed by atoms with Crippen molar-refractivity contribution in [3.05, 3.63) is 35.9 Å². The fourth-order valence-corrected chi connectivity index (χ4v) is 1.70. The molecule has 0 N–H and O–H groups in total. The van der Waals surface area contributed by atoms with Crippen LogP contribution in [0.25, 0.3) is 0 Å². The number of aldehydes is 1. The molecule has 0 atom stereocenters. The molecule has 8 nitrogen and oxygen atoms in total. The lowest BCUT2D eigenvalue weighted by Gasteiger charge is -2.11. The van der Waals surface area contributed by atoms with Crippen LogP contribution in [0.3, 0.4) is 0 Å². The van der Waals surface area contributed by atoms with Gasteiger partial charge in [0.1, 0.15) is 0 Å². The van der Waals surface area contributed by atoms with Gasteiger partial charge < -0.3 is 18.9 Å². The van der Waals surface area contributed by atoms with Crippen LogP contribution in [-0.2, 0) is 23.9 Å². The molecule has 0 aliphatic heterocycles. The third kappa shape index (κ3) is 6.86. The Morgan fingerprint density at radius 2 is 1.80 bits per heavy atom. The van der Waals surface area contributed by atoms with E-state index in [2.05, 4.69) is 4.74 Å². The van der Waals surface area contributed by atoms with Crippen LogP contribution in [0.1, 0.15) is 23.2 Å². The number of hydrogen-bond donors (Lipinski definition) is 0. The smallest absolute Gasteiger partial charge is 0.331 e. The lowest BCUT2D eigenvalue weighted by atomic mass is 10.2. The van der Waals surface area contributed by atoms with E-state index in [0.717, 1.165) is 12.2 Å². The zero-order valence-corrected chi connectivity index (χ0v) is 13.9. The zero-order valence-electron chi connectivity index (χ0n) is 13.9. The largest absolute Gasteiger partial charge is 0.493 e. The van der Waals surface area contributed by atoms with Crippen molar-refractivity contribution in [1.29, 1.82) is 0 Å². The SMILES string of the molecule is COC(=O)/C=C/C(=O)OCCCC(=O)Oc1c(C=O)cccc1OC. The van der Waals surface area contributed by atoms with Gasteiger partial charge in [0.15, 0.2) is 17.8 Å². The first-order valence-corrected chi connectivity index (χ1v) is 7.27. The van der Waals surface area contributed by atoms with Gasteiger partial charge in [0.25, 0.3) is 0 Å². The Morgan fingerprint density at radius 3 is 2.44 bits per heavy atom. The van der Waals surface area contributed by atoms with E-state index in [1.807, 2.05) is 0 Å². The molecule has 0 heterocycles. The number of rotatable bonds is 9. The Morgan fingerprint density at radius 1 is 1.08 bits per heavy atom. The van der Waals surface area contributed by atoms with Crippen LogP contribution in [0.5, 0.6) is 11.5 Å². The highest BCUT2D eigenvalue weighted by molar-refractivity contribution is 5.91. The number of para-hydroxylation sites is 1. The van der Waals surface area contributed by atoms with Gasteiger partial charge in [-0.3, -0.25) is 9.59 Å². The highest BCUT2D eigenvalue weighted by Crippen LogP contribution is 2.30. The number of benzene rings is 1. The van der Waals surface area contributed by atoms with Crippen molar-refractivity contribution in [2.75, 3.05) is 20.8 Å². The quantitative estimate of drug-likeness (QED) is 0.217. The van der Waals surface area contributed by atoms with Crippen molar-refractivity contribution in [3.63, 3.8) is 0 Å². The van der Waals surface area contributed by atoms with Crippen LogP contribution < -0.4 is 9.47 Å². The highest BCUT2D eigenvalue weighted by Gasteiger charge is 2.14. The first-order chi connectivity index (χ1) is 12.0. The minimum absolute atomic E-state index is 0.0358. The van der Waals surface area contributed by atoms with Crippen molar-refractivity contribution in [1.82, 2.24) is 0 Å². The van der Waals surface area contributed by atoms with Crippen LogP contribution in [0.15, 0.2) is 30.4 Å². The molecule has 0 saturated carbocycles. The van der Waals surface area contributed by atoms with Gasteiger partial charge in [-0.2, -0.15) is 0 Å². The minimum Gasteiger partial charge on any atom is -0.493 e. The maximum Gasteiger partial charge on any atom is 0.331 e. The van der Waals surface area contributed by atoms with Crippen molar-refractivity contribution in [2.45, 2.75) is 12.8 Å². The van der Waals surface area contributed by atoms with E-state index in [1.165, 1.54) is 20.3 Å². The maximum absolute atomic E-state index is 11.8. The van der Waals surface area contributed by atoms with E-state index in [9.17, 15) is 19.2 Å². The van der Waals surface area contributed by atoms with E-state index in [1.54, 1.807) is 12.1 Å². The normalized spacial score (nSPS) is 10.2. The fraction of sp³-hybridized carbons (Fsp3) is 0.294. The van der Waals surface area contributed by atoms with Crippen LogP contribution in [0.4, 0.5) is 0 Å². The molecule has 0 unspecified atom stereocenters. The molecule has 25 heavy (non-hydrogen) atoms. The summed E-state index contributed by atoms with van der Waals surface area (Å²) in [6.07, 6.45) is 2.59. The predicted molar refractivity (Wildman–Crippen MR) is 85.4 cm³/mol. The summed E-state index contributed by atoms with van der Waals surface area (Å²) in [4.78, 5) is 44.9. The van der Waals surface area contributed by atoms with Gasteiger partial charge in [-0.25, -0.2) is 9.59 Å². The fourth-order valence-electron chi connectivity index (χ4n) is 1.70. The molecule has 8 heteroatoms. The van der Waals surface area contributed by atoms with Gasteiger partial charge in [-0.05, 0) is 18.6 Å². The van der Waals surface area contributed by atoms with Gasteiger partial charge in [-0.1, -0.05) is 6.07 Å². The summed E-state index contributed by atoms with van der Waals surface area (Å²) in [5.74, 6) is -1.70. The first kappa shape index (κ1) is 19.9. The molecule has 0 saturated heterocycles. The van der Waals surface area contributed by atoms with E-state index >= 15 is 0 Å². The van der Waals surface area contributed by atoms with Crippen LogP contribution >= 0.6 is 0 Å². The van der Waals surface area contributed by atoms with Crippen LogP contribution in [0, 0.1) is 0 Å². The average Bonchev–Trinajstić information content (AvgIpc) is 2.63. The second-order valence-electron chi connectivity index (χ2n) is 4.60. The predicted octanol–water partition coefficient (Wildman–Crippen LogP) is 1.47. The van der Waals surface area contributed by atoms with Crippen LogP contribution in [-0.4, -0.2) is 45.0 Å². The monoisotopic (exact) mass is 350 g/mol. The Kier molecular flexibility index (Phi) is 8.42. The molecule has 0 radical (unpaired) electrons. The van der Waals surface area contributed by atoms with E-state index in [0.29, 0.717) is 6.29 Å². The Balaban J connectivity index is 2.44. The van der Waals surface area contributed by atoms with Crippen molar-refractivity contribution >= 4 is 24.2 Å². The van der Waals surface area contributed by atoms with E-state index in [-0.39, 0.29) is 36.5 Å². The van der Waals surface area contributed by atoms with Gasteiger partial charge in [-0.15, -0.1) is 0 Å². The first-order valence-electron chi connectivity index (χ1n) is 7.27. The molecule has 0 fully saturated rings.